The van der Waals surface area contributed by atoms with Crippen LogP contribution in [0.2, 0.25) is 5.02 Å². The Kier molecular flexibility index (Phi) is 5.68. The fourth-order valence-corrected chi connectivity index (χ4v) is 4.16. The van der Waals surface area contributed by atoms with E-state index in [9.17, 15) is 4.79 Å². The normalized spacial score (nSPS) is 17.5. The molecule has 1 aromatic heterocycles. The molecule has 3 heterocycles. The first-order valence-electron chi connectivity index (χ1n) is 10.8. The second-order valence-electron chi connectivity index (χ2n) is 7.93. The van der Waals surface area contributed by atoms with Crippen LogP contribution in [0.4, 0.5) is 4.79 Å². The van der Waals surface area contributed by atoms with Gasteiger partial charge in [0.2, 0.25) is 12.6 Å². The average Bonchev–Trinajstić information content (AvgIpc) is 3.48. The van der Waals surface area contributed by atoms with E-state index in [1.807, 2.05) is 37.3 Å². The predicted molar refractivity (Wildman–Crippen MR) is 123 cm³/mol. The first-order chi connectivity index (χ1) is 16.0. The molecular formula is C24H23ClN4O4. The van der Waals surface area contributed by atoms with E-state index >= 15 is 0 Å². The van der Waals surface area contributed by atoms with Gasteiger partial charge in [0.05, 0.1) is 11.6 Å². The van der Waals surface area contributed by atoms with Crippen LogP contribution in [0.5, 0.6) is 11.5 Å². The van der Waals surface area contributed by atoms with Crippen molar-refractivity contribution in [1.82, 2.24) is 20.4 Å². The summed E-state index contributed by atoms with van der Waals surface area (Å²) in [5, 5.41) is 7.92. The maximum atomic E-state index is 12.9. The Balaban J connectivity index is 1.56. The molecule has 0 saturated heterocycles. The maximum Gasteiger partial charge on any atom is 0.322 e. The molecule has 2 amide bonds. The van der Waals surface area contributed by atoms with Gasteiger partial charge in [0.15, 0.2) is 11.5 Å². The summed E-state index contributed by atoms with van der Waals surface area (Å²) in [7, 11) is 0. The number of carbonyl (C=O) groups excluding carboxylic acids is 1. The highest BCUT2D eigenvalue weighted by Crippen LogP contribution is 2.39. The van der Waals surface area contributed by atoms with E-state index in [1.165, 1.54) is 0 Å². The number of halogens is 1. The van der Waals surface area contributed by atoms with Crippen molar-refractivity contribution >= 4 is 23.2 Å². The van der Waals surface area contributed by atoms with Gasteiger partial charge in [-0.25, -0.2) is 4.79 Å². The van der Waals surface area contributed by atoms with E-state index in [4.69, 9.17) is 25.6 Å². The van der Waals surface area contributed by atoms with Crippen molar-refractivity contribution in [1.29, 1.82) is 0 Å². The van der Waals surface area contributed by atoms with Crippen LogP contribution in [0, 0.1) is 0 Å². The third-order valence-electron chi connectivity index (χ3n) is 5.82. The average molecular weight is 467 g/mol. The number of nitrogens with zero attached hydrogens (tertiary/aromatic N) is 3. The molecule has 5 rings (SSSR count). The summed E-state index contributed by atoms with van der Waals surface area (Å²) >= 11 is 6.09. The summed E-state index contributed by atoms with van der Waals surface area (Å²) in [6, 6.07) is 12.3. The molecule has 1 atom stereocenters. The van der Waals surface area contributed by atoms with Crippen LogP contribution < -0.4 is 14.8 Å². The number of fused-ring (bicyclic) bond motifs is 1. The highest BCUT2D eigenvalue weighted by molar-refractivity contribution is 6.30. The predicted octanol–water partition coefficient (Wildman–Crippen LogP) is 5.42. The third kappa shape index (κ3) is 4.02. The number of hydrogen-bond donors (Lipinski definition) is 1. The van der Waals surface area contributed by atoms with Gasteiger partial charge in [-0.2, -0.15) is 4.98 Å². The summed E-state index contributed by atoms with van der Waals surface area (Å²) in [4.78, 5) is 19.3. The van der Waals surface area contributed by atoms with Gasteiger partial charge in [-0.15, -0.1) is 0 Å². The lowest BCUT2D eigenvalue weighted by molar-refractivity contribution is 0.174. The minimum atomic E-state index is -0.447. The Labute approximate surface area is 196 Å². The number of benzene rings is 2. The second kappa shape index (κ2) is 8.78. The number of urea groups is 1. The fourth-order valence-electron chi connectivity index (χ4n) is 4.03. The zero-order valence-electron chi connectivity index (χ0n) is 18.3. The largest absolute Gasteiger partial charge is 0.454 e. The molecule has 0 bridgehead atoms. The topological polar surface area (TPSA) is 89.7 Å². The molecule has 0 radical (unpaired) electrons. The number of carbonyl (C=O) groups is 1. The van der Waals surface area contributed by atoms with Crippen LogP contribution in [-0.2, 0) is 0 Å². The number of unbranched alkanes of at least 4 members (excludes halogenated alkanes) is 1. The van der Waals surface area contributed by atoms with Gasteiger partial charge >= 0.3 is 6.03 Å². The molecule has 1 N–H and O–H groups in total. The van der Waals surface area contributed by atoms with Crippen LogP contribution in [0.25, 0.3) is 17.0 Å². The smallest absolute Gasteiger partial charge is 0.322 e. The molecule has 9 heteroatoms. The van der Waals surface area contributed by atoms with Gasteiger partial charge in [-0.3, -0.25) is 4.90 Å². The van der Waals surface area contributed by atoms with Gasteiger partial charge in [0.1, 0.15) is 0 Å². The molecule has 0 saturated carbocycles. The quantitative estimate of drug-likeness (QED) is 0.522. The number of rotatable bonds is 6. The summed E-state index contributed by atoms with van der Waals surface area (Å²) in [5.74, 6) is 2.10. The molecule has 0 aliphatic carbocycles. The molecule has 170 valence electrons. The van der Waals surface area contributed by atoms with Crippen LogP contribution >= 0.6 is 11.6 Å². The monoisotopic (exact) mass is 466 g/mol. The van der Waals surface area contributed by atoms with Crippen molar-refractivity contribution < 1.29 is 18.8 Å². The Morgan fingerprint density at radius 2 is 1.94 bits per heavy atom. The third-order valence-corrected chi connectivity index (χ3v) is 6.07. The molecule has 3 aromatic rings. The Bertz CT molecular complexity index is 1220. The summed E-state index contributed by atoms with van der Waals surface area (Å²) in [6.07, 6.45) is 1.86. The molecule has 2 aliphatic heterocycles. The molecule has 2 aromatic carbocycles. The number of amides is 2. The fraction of sp³-hybridized carbons (Fsp3) is 0.292. The Hall–Kier alpha value is -3.52. The lowest BCUT2D eigenvalue weighted by Gasteiger charge is -2.35. The Morgan fingerprint density at radius 3 is 2.73 bits per heavy atom. The minimum absolute atomic E-state index is 0.153. The first-order valence-corrected chi connectivity index (χ1v) is 11.2. The second-order valence-corrected chi connectivity index (χ2v) is 8.37. The van der Waals surface area contributed by atoms with Crippen molar-refractivity contribution in [2.24, 2.45) is 0 Å². The van der Waals surface area contributed by atoms with E-state index in [1.54, 1.807) is 17.0 Å². The van der Waals surface area contributed by atoms with E-state index in [-0.39, 0.29) is 12.8 Å². The SMILES string of the molecule is CCCCN1C(=O)NC(c2ccc(Cl)cc2)C(c2nc(-c3ccc4c(c3)OCO4)no2)=C1C. The van der Waals surface area contributed by atoms with E-state index in [2.05, 4.69) is 22.4 Å². The molecule has 0 spiro atoms. The van der Waals surface area contributed by atoms with Crippen LogP contribution in [0.1, 0.15) is 44.2 Å². The number of ether oxygens (including phenoxy) is 2. The van der Waals surface area contributed by atoms with E-state index in [0.717, 1.165) is 35.2 Å². The van der Waals surface area contributed by atoms with E-state index < -0.39 is 6.04 Å². The van der Waals surface area contributed by atoms with Gasteiger partial charge in [-0.05, 0) is 49.2 Å². The highest BCUT2D eigenvalue weighted by Gasteiger charge is 2.35. The maximum absolute atomic E-state index is 12.9. The number of allylic oxidation sites excluding steroid dienone is 1. The lowest BCUT2D eigenvalue weighted by Crippen LogP contribution is -2.46. The molecule has 0 fully saturated rings. The number of aromatic nitrogens is 2. The number of hydrogen-bond acceptors (Lipinski definition) is 6. The Morgan fingerprint density at radius 1 is 1.15 bits per heavy atom. The first kappa shape index (κ1) is 21.3. The van der Waals surface area contributed by atoms with Crippen molar-refractivity contribution in [3.63, 3.8) is 0 Å². The standard InChI is InChI=1S/C24H23ClN4O4/c1-3-4-11-29-14(2)20(21(26-24(29)30)15-5-8-17(25)9-6-15)23-27-22(28-33-23)16-7-10-18-19(12-16)32-13-31-18/h5-10,12,21H,3-4,11,13H2,1-2H3,(H,26,30). The van der Waals surface area contributed by atoms with Crippen LogP contribution in [0.15, 0.2) is 52.7 Å². The van der Waals surface area contributed by atoms with Gasteiger partial charge in [0.25, 0.3) is 5.89 Å². The van der Waals surface area contributed by atoms with Gasteiger partial charge in [-0.1, -0.05) is 42.2 Å². The van der Waals surface area contributed by atoms with Gasteiger partial charge in [0, 0.05) is 22.8 Å². The molecule has 1 unspecified atom stereocenters. The minimum Gasteiger partial charge on any atom is -0.454 e. The summed E-state index contributed by atoms with van der Waals surface area (Å²) in [5.41, 5.74) is 3.17. The molecular weight excluding hydrogens is 444 g/mol. The zero-order valence-corrected chi connectivity index (χ0v) is 19.1. The van der Waals surface area contributed by atoms with Crippen LogP contribution in [0.3, 0.4) is 0 Å². The molecule has 2 aliphatic rings. The van der Waals surface area contributed by atoms with Crippen LogP contribution in [-0.4, -0.2) is 34.4 Å². The number of nitrogens with one attached hydrogen (secondary N) is 1. The summed E-state index contributed by atoms with van der Waals surface area (Å²) < 4.78 is 16.6. The lowest BCUT2D eigenvalue weighted by atomic mass is 9.94. The summed E-state index contributed by atoms with van der Waals surface area (Å²) in [6.45, 7) is 4.80. The van der Waals surface area contributed by atoms with Gasteiger partial charge < -0.3 is 19.3 Å². The molecule has 33 heavy (non-hydrogen) atoms. The molecule has 8 nitrogen and oxygen atoms in total. The van der Waals surface area contributed by atoms with Crippen molar-refractivity contribution in [3.8, 4) is 22.9 Å². The van der Waals surface area contributed by atoms with Crippen molar-refractivity contribution in [3.05, 3.63) is 64.6 Å². The van der Waals surface area contributed by atoms with Crippen molar-refractivity contribution in [2.75, 3.05) is 13.3 Å². The van der Waals surface area contributed by atoms with Crippen molar-refractivity contribution in [2.45, 2.75) is 32.7 Å². The van der Waals surface area contributed by atoms with E-state index in [0.29, 0.717) is 34.8 Å². The zero-order chi connectivity index (χ0) is 22.9. The highest BCUT2D eigenvalue weighted by atomic mass is 35.5.